The third-order valence-electron chi connectivity index (χ3n) is 2.52. The Labute approximate surface area is 105 Å². The smallest absolute Gasteiger partial charge is 0.243 e. The van der Waals surface area contributed by atoms with Crippen molar-refractivity contribution in [2.75, 3.05) is 13.7 Å². The molecule has 2 heterocycles. The van der Waals surface area contributed by atoms with Gasteiger partial charge in [-0.2, -0.15) is 4.98 Å². The van der Waals surface area contributed by atoms with E-state index in [-0.39, 0.29) is 6.04 Å². The normalized spacial score (nSPS) is 12.6. The maximum absolute atomic E-state index is 5.90. The van der Waals surface area contributed by atoms with Crippen LogP contribution in [-0.4, -0.2) is 28.8 Å². The first kappa shape index (κ1) is 12.7. The van der Waals surface area contributed by atoms with Crippen LogP contribution in [0.4, 0.5) is 0 Å². The van der Waals surface area contributed by atoms with Crippen molar-refractivity contribution in [3.63, 3.8) is 0 Å². The third-order valence-corrected chi connectivity index (χ3v) is 2.52. The van der Waals surface area contributed by atoms with E-state index in [1.165, 1.54) is 0 Å². The molecular weight excluding hydrogens is 232 g/mol. The lowest BCUT2D eigenvalue weighted by Crippen LogP contribution is -2.13. The fourth-order valence-corrected chi connectivity index (χ4v) is 1.54. The van der Waals surface area contributed by atoms with Crippen LogP contribution in [0, 0.1) is 0 Å². The minimum atomic E-state index is -0.278. The lowest BCUT2D eigenvalue weighted by molar-refractivity contribution is 0.182. The lowest BCUT2D eigenvalue weighted by Gasteiger charge is -2.04. The quantitative estimate of drug-likeness (QED) is 0.823. The van der Waals surface area contributed by atoms with Crippen LogP contribution in [0.25, 0.3) is 0 Å². The first-order valence-corrected chi connectivity index (χ1v) is 5.75. The van der Waals surface area contributed by atoms with E-state index in [0.717, 1.165) is 5.56 Å². The van der Waals surface area contributed by atoms with E-state index in [1.54, 1.807) is 19.5 Å². The molecule has 0 aliphatic rings. The fourth-order valence-electron chi connectivity index (χ4n) is 1.54. The van der Waals surface area contributed by atoms with Crippen molar-refractivity contribution in [3.8, 4) is 0 Å². The molecule has 0 aliphatic heterocycles. The molecule has 0 radical (unpaired) electrons. The summed E-state index contributed by atoms with van der Waals surface area (Å²) in [7, 11) is 1.63. The van der Waals surface area contributed by atoms with E-state index in [4.69, 9.17) is 15.0 Å². The first-order valence-electron chi connectivity index (χ1n) is 5.75. The number of ether oxygens (including phenoxy) is 1. The number of hydrogen-bond donors (Lipinski definition) is 1. The van der Waals surface area contributed by atoms with Crippen molar-refractivity contribution >= 4 is 0 Å². The van der Waals surface area contributed by atoms with Gasteiger partial charge in [-0.1, -0.05) is 11.2 Å². The molecule has 0 saturated carbocycles. The van der Waals surface area contributed by atoms with Gasteiger partial charge < -0.3 is 15.0 Å². The van der Waals surface area contributed by atoms with Crippen molar-refractivity contribution in [3.05, 3.63) is 41.8 Å². The van der Waals surface area contributed by atoms with E-state index >= 15 is 0 Å². The molecule has 6 nitrogen and oxygen atoms in total. The summed E-state index contributed by atoms with van der Waals surface area (Å²) in [5.41, 5.74) is 6.94. The summed E-state index contributed by atoms with van der Waals surface area (Å²) in [6, 6.07) is 3.56. The standard InChI is InChI=1S/C12H16N4O2/c1-17-6-4-10(13)12-15-11(16-18-12)7-9-3-2-5-14-8-9/h2-3,5,8,10H,4,6-7,13H2,1H3. The van der Waals surface area contributed by atoms with Gasteiger partial charge in [0.1, 0.15) is 0 Å². The zero-order valence-corrected chi connectivity index (χ0v) is 10.2. The number of nitrogens with zero attached hydrogens (tertiary/aromatic N) is 3. The molecule has 96 valence electrons. The largest absolute Gasteiger partial charge is 0.385 e. The Morgan fingerprint density at radius 3 is 3.11 bits per heavy atom. The predicted molar refractivity (Wildman–Crippen MR) is 64.8 cm³/mol. The van der Waals surface area contributed by atoms with Gasteiger partial charge in [0.2, 0.25) is 5.89 Å². The van der Waals surface area contributed by atoms with Gasteiger partial charge in [-0.15, -0.1) is 0 Å². The zero-order valence-electron chi connectivity index (χ0n) is 10.2. The summed E-state index contributed by atoms with van der Waals surface area (Å²) in [5.74, 6) is 1.07. The topological polar surface area (TPSA) is 87.1 Å². The molecular formula is C12H16N4O2. The van der Waals surface area contributed by atoms with Crippen LogP contribution >= 0.6 is 0 Å². The zero-order chi connectivity index (χ0) is 12.8. The highest BCUT2D eigenvalue weighted by atomic mass is 16.5. The Hall–Kier alpha value is -1.79. The van der Waals surface area contributed by atoms with Gasteiger partial charge in [0, 0.05) is 32.5 Å². The second-order valence-corrected chi connectivity index (χ2v) is 3.97. The molecule has 2 aromatic rings. The maximum Gasteiger partial charge on any atom is 0.243 e. The van der Waals surface area contributed by atoms with E-state index in [9.17, 15) is 0 Å². The van der Waals surface area contributed by atoms with Crippen molar-refractivity contribution in [2.24, 2.45) is 5.73 Å². The monoisotopic (exact) mass is 248 g/mol. The Kier molecular flexibility index (Phi) is 4.38. The fraction of sp³-hybridized carbons (Fsp3) is 0.417. The molecule has 0 aliphatic carbocycles. The molecule has 0 fully saturated rings. The van der Waals surface area contributed by atoms with E-state index < -0.39 is 0 Å². The molecule has 6 heteroatoms. The number of pyridine rings is 1. The molecule has 1 unspecified atom stereocenters. The second-order valence-electron chi connectivity index (χ2n) is 3.97. The second kappa shape index (κ2) is 6.23. The van der Waals surface area contributed by atoms with E-state index in [1.807, 2.05) is 12.1 Å². The number of methoxy groups -OCH3 is 1. The molecule has 2 rings (SSSR count). The van der Waals surface area contributed by atoms with Gasteiger partial charge in [-0.3, -0.25) is 4.98 Å². The third kappa shape index (κ3) is 3.35. The van der Waals surface area contributed by atoms with Crippen LogP contribution in [0.2, 0.25) is 0 Å². The Morgan fingerprint density at radius 1 is 1.50 bits per heavy atom. The van der Waals surface area contributed by atoms with E-state index in [2.05, 4.69) is 15.1 Å². The Bertz CT molecular complexity index is 472. The predicted octanol–water partition coefficient (Wildman–Crippen LogP) is 1.09. The number of hydrogen-bond acceptors (Lipinski definition) is 6. The molecule has 0 spiro atoms. The van der Waals surface area contributed by atoms with Crippen LogP contribution in [0.15, 0.2) is 29.0 Å². The number of nitrogens with two attached hydrogens (primary N) is 1. The van der Waals surface area contributed by atoms with Crippen molar-refractivity contribution in [1.29, 1.82) is 0 Å². The molecule has 1 atom stereocenters. The van der Waals surface area contributed by atoms with Gasteiger partial charge in [-0.05, 0) is 18.1 Å². The van der Waals surface area contributed by atoms with Crippen LogP contribution in [-0.2, 0) is 11.2 Å². The van der Waals surface area contributed by atoms with Crippen LogP contribution in [0.3, 0.4) is 0 Å². The summed E-state index contributed by atoms with van der Waals surface area (Å²) in [6.45, 7) is 0.571. The first-order chi connectivity index (χ1) is 8.79. The highest BCUT2D eigenvalue weighted by Crippen LogP contribution is 2.13. The average molecular weight is 248 g/mol. The SMILES string of the molecule is COCCC(N)c1nc(Cc2cccnc2)no1. The molecule has 2 N–H and O–H groups in total. The van der Waals surface area contributed by atoms with Crippen molar-refractivity contribution in [2.45, 2.75) is 18.9 Å². The summed E-state index contributed by atoms with van der Waals surface area (Å²) >= 11 is 0. The number of aromatic nitrogens is 3. The Balaban J connectivity index is 1.98. The molecule has 0 aromatic carbocycles. The minimum absolute atomic E-state index is 0.278. The van der Waals surface area contributed by atoms with Crippen molar-refractivity contribution < 1.29 is 9.26 Å². The van der Waals surface area contributed by atoms with Gasteiger partial charge in [-0.25, -0.2) is 0 Å². The molecule has 18 heavy (non-hydrogen) atoms. The van der Waals surface area contributed by atoms with Crippen LogP contribution < -0.4 is 5.73 Å². The van der Waals surface area contributed by atoms with Gasteiger partial charge in [0.15, 0.2) is 5.82 Å². The van der Waals surface area contributed by atoms with E-state index in [0.29, 0.717) is 31.2 Å². The van der Waals surface area contributed by atoms with Crippen LogP contribution in [0.5, 0.6) is 0 Å². The summed E-state index contributed by atoms with van der Waals surface area (Å²) < 4.78 is 10.1. The van der Waals surface area contributed by atoms with Crippen molar-refractivity contribution in [1.82, 2.24) is 15.1 Å². The number of rotatable bonds is 6. The highest BCUT2D eigenvalue weighted by molar-refractivity contribution is 5.13. The van der Waals surface area contributed by atoms with Gasteiger partial charge >= 0.3 is 0 Å². The molecule has 0 saturated heterocycles. The Morgan fingerprint density at radius 2 is 2.39 bits per heavy atom. The highest BCUT2D eigenvalue weighted by Gasteiger charge is 2.14. The molecule has 0 bridgehead atoms. The van der Waals surface area contributed by atoms with Gasteiger partial charge in [0.25, 0.3) is 0 Å². The van der Waals surface area contributed by atoms with Crippen LogP contribution in [0.1, 0.15) is 29.7 Å². The average Bonchev–Trinajstić information content (AvgIpc) is 2.86. The van der Waals surface area contributed by atoms with Gasteiger partial charge in [0.05, 0.1) is 6.04 Å². The summed E-state index contributed by atoms with van der Waals surface area (Å²) in [5, 5.41) is 3.91. The molecule has 2 aromatic heterocycles. The lowest BCUT2D eigenvalue weighted by atomic mass is 10.2. The summed E-state index contributed by atoms with van der Waals surface area (Å²) in [4.78, 5) is 8.31. The maximum atomic E-state index is 5.90. The molecule has 0 amide bonds. The minimum Gasteiger partial charge on any atom is -0.385 e. The summed E-state index contributed by atoms with van der Waals surface area (Å²) in [6.07, 6.45) is 4.76.